The van der Waals surface area contributed by atoms with Gasteiger partial charge in [0, 0.05) is 37.3 Å². The molecule has 5 nitrogen and oxygen atoms in total. The fourth-order valence-corrected chi connectivity index (χ4v) is 4.66. The second-order valence-electron chi connectivity index (χ2n) is 8.05. The molecule has 0 aliphatic carbocycles. The van der Waals surface area contributed by atoms with E-state index in [-0.39, 0.29) is 4.90 Å². The fourth-order valence-electron chi connectivity index (χ4n) is 4.03. The highest BCUT2D eigenvalue weighted by Gasteiger charge is 2.23. The second kappa shape index (κ2) is 8.75. The van der Waals surface area contributed by atoms with Crippen molar-refractivity contribution in [3.8, 4) is 11.1 Å². The van der Waals surface area contributed by atoms with E-state index in [1.807, 2.05) is 30.6 Å². The predicted molar refractivity (Wildman–Crippen MR) is 121 cm³/mol. The van der Waals surface area contributed by atoms with Gasteiger partial charge in [-0.3, -0.25) is 0 Å². The van der Waals surface area contributed by atoms with E-state index in [4.69, 9.17) is 0 Å². The lowest BCUT2D eigenvalue weighted by atomic mass is 9.88. The van der Waals surface area contributed by atoms with Crippen LogP contribution in [-0.2, 0) is 16.3 Å². The zero-order valence-corrected chi connectivity index (χ0v) is 18.6. The highest BCUT2D eigenvalue weighted by Crippen LogP contribution is 2.33. The van der Waals surface area contributed by atoms with Crippen LogP contribution in [0.5, 0.6) is 0 Å². The van der Waals surface area contributed by atoms with E-state index in [1.165, 1.54) is 11.6 Å². The van der Waals surface area contributed by atoms with Crippen LogP contribution in [0.2, 0.25) is 0 Å². The van der Waals surface area contributed by atoms with Crippen molar-refractivity contribution in [3.63, 3.8) is 0 Å². The number of hydrogen-bond acceptors (Lipinski definition) is 5. The van der Waals surface area contributed by atoms with Crippen molar-refractivity contribution in [2.45, 2.75) is 37.0 Å². The lowest BCUT2D eigenvalue weighted by Crippen LogP contribution is -2.34. The minimum atomic E-state index is -3.44. The molecule has 2 aromatic carbocycles. The normalized spacial score (nSPS) is 15.3. The summed E-state index contributed by atoms with van der Waals surface area (Å²) < 4.78 is 38.0. The van der Waals surface area contributed by atoms with Gasteiger partial charge >= 0.3 is 0 Å². The van der Waals surface area contributed by atoms with Crippen LogP contribution in [-0.4, -0.2) is 37.7 Å². The average molecular weight is 440 g/mol. The quantitative estimate of drug-likeness (QED) is 0.580. The van der Waals surface area contributed by atoms with Crippen LogP contribution in [0.4, 0.5) is 10.3 Å². The van der Waals surface area contributed by atoms with E-state index < -0.39 is 15.7 Å². The summed E-state index contributed by atoms with van der Waals surface area (Å²) in [5.41, 5.74) is 3.48. The van der Waals surface area contributed by atoms with Crippen LogP contribution in [0.15, 0.2) is 59.8 Å². The molecule has 0 saturated carbocycles. The van der Waals surface area contributed by atoms with Gasteiger partial charge in [0.15, 0.2) is 9.84 Å². The zero-order chi connectivity index (χ0) is 22.0. The minimum absolute atomic E-state index is 0.00790. The Morgan fingerprint density at radius 1 is 1.06 bits per heavy atom. The third-order valence-corrected chi connectivity index (χ3v) is 7.03. The van der Waals surface area contributed by atoms with E-state index in [0.29, 0.717) is 11.5 Å². The van der Waals surface area contributed by atoms with Crippen LogP contribution in [0.3, 0.4) is 0 Å². The molecule has 0 N–H and O–H groups in total. The van der Waals surface area contributed by atoms with E-state index in [0.717, 1.165) is 61.7 Å². The molecule has 1 fully saturated rings. The monoisotopic (exact) mass is 439 g/mol. The largest absolute Gasteiger partial charge is 0.341 e. The van der Waals surface area contributed by atoms with Crippen molar-refractivity contribution in [1.82, 2.24) is 9.97 Å². The van der Waals surface area contributed by atoms with E-state index in [2.05, 4.69) is 27.9 Å². The Hall–Kier alpha value is -2.80. The highest BCUT2D eigenvalue weighted by molar-refractivity contribution is 7.90. The number of anilines is 1. The first-order chi connectivity index (χ1) is 14.8. The molecule has 162 valence electrons. The van der Waals surface area contributed by atoms with Gasteiger partial charge in [-0.2, -0.15) is 0 Å². The Labute approximate surface area is 182 Å². The molecule has 7 heteroatoms. The SMILES string of the molecule is CCc1cnc(N2CCC(c3cccc(-c4ccc(S(C)(=O)=O)cc4F)c3)CC2)nc1. The van der Waals surface area contributed by atoms with Gasteiger partial charge in [-0.25, -0.2) is 22.8 Å². The lowest BCUT2D eigenvalue weighted by molar-refractivity contribution is 0.499. The van der Waals surface area contributed by atoms with Crippen molar-refractivity contribution >= 4 is 15.8 Å². The summed E-state index contributed by atoms with van der Waals surface area (Å²) in [4.78, 5) is 11.2. The predicted octanol–water partition coefficient (Wildman–Crippen LogP) is 4.63. The summed E-state index contributed by atoms with van der Waals surface area (Å²) in [6, 6.07) is 12.0. The zero-order valence-electron chi connectivity index (χ0n) is 17.8. The summed E-state index contributed by atoms with van der Waals surface area (Å²) in [6.07, 6.45) is 7.73. The Bertz CT molecular complexity index is 1170. The molecule has 4 rings (SSSR count). The topological polar surface area (TPSA) is 63.2 Å². The number of benzene rings is 2. The molecular weight excluding hydrogens is 413 g/mol. The third kappa shape index (κ3) is 4.77. The summed E-state index contributed by atoms with van der Waals surface area (Å²) in [6.45, 7) is 3.83. The number of sulfone groups is 1. The Kier molecular flexibility index (Phi) is 6.05. The first-order valence-corrected chi connectivity index (χ1v) is 12.4. The number of aromatic nitrogens is 2. The van der Waals surface area contributed by atoms with Crippen LogP contribution >= 0.6 is 0 Å². The van der Waals surface area contributed by atoms with Crippen molar-refractivity contribution in [2.24, 2.45) is 0 Å². The molecule has 3 aromatic rings. The molecular formula is C24H26FN3O2S. The Balaban J connectivity index is 1.49. The maximum absolute atomic E-state index is 14.6. The van der Waals surface area contributed by atoms with Gasteiger partial charge in [-0.15, -0.1) is 0 Å². The number of nitrogens with zero attached hydrogens (tertiary/aromatic N) is 3. The molecule has 0 bridgehead atoms. The summed E-state index contributed by atoms with van der Waals surface area (Å²) in [5.74, 6) is 0.629. The molecule has 0 unspecified atom stereocenters. The van der Waals surface area contributed by atoms with Crippen molar-refractivity contribution in [1.29, 1.82) is 0 Å². The summed E-state index contributed by atoms with van der Waals surface area (Å²) >= 11 is 0. The molecule has 1 aliphatic rings. The van der Waals surface area contributed by atoms with Crippen molar-refractivity contribution in [2.75, 3.05) is 24.2 Å². The molecule has 1 saturated heterocycles. The molecule has 0 spiro atoms. The van der Waals surface area contributed by atoms with Gasteiger partial charge in [0.2, 0.25) is 5.95 Å². The number of aryl methyl sites for hydroxylation is 1. The Morgan fingerprint density at radius 2 is 1.77 bits per heavy atom. The van der Waals surface area contributed by atoms with Gasteiger partial charge in [0.1, 0.15) is 5.82 Å². The van der Waals surface area contributed by atoms with Gasteiger partial charge in [-0.1, -0.05) is 37.3 Å². The van der Waals surface area contributed by atoms with Crippen LogP contribution in [0.25, 0.3) is 11.1 Å². The number of hydrogen-bond donors (Lipinski definition) is 0. The first-order valence-electron chi connectivity index (χ1n) is 10.5. The summed E-state index contributed by atoms with van der Waals surface area (Å²) in [5, 5.41) is 0. The average Bonchev–Trinajstić information content (AvgIpc) is 2.79. The lowest BCUT2D eigenvalue weighted by Gasteiger charge is -2.32. The number of piperidine rings is 1. The van der Waals surface area contributed by atoms with Crippen LogP contribution in [0.1, 0.15) is 36.8 Å². The van der Waals surface area contributed by atoms with Crippen molar-refractivity contribution < 1.29 is 12.8 Å². The molecule has 31 heavy (non-hydrogen) atoms. The standard InChI is InChI=1S/C24H26FN3O2S/c1-3-17-15-26-24(27-16-17)28-11-9-18(10-12-28)19-5-4-6-20(13-19)22-8-7-21(14-23(22)25)31(2,29)30/h4-8,13-16,18H,3,9-12H2,1-2H3. The first kappa shape index (κ1) is 21.4. The molecule has 1 aliphatic heterocycles. The van der Waals surface area contributed by atoms with Gasteiger partial charge in [-0.05, 0) is 54.0 Å². The number of rotatable bonds is 5. The maximum atomic E-state index is 14.6. The van der Waals surface area contributed by atoms with Gasteiger partial charge < -0.3 is 4.90 Å². The molecule has 0 atom stereocenters. The highest BCUT2D eigenvalue weighted by atomic mass is 32.2. The molecule has 1 aromatic heterocycles. The molecule has 0 radical (unpaired) electrons. The number of halogens is 1. The Morgan fingerprint density at radius 3 is 2.39 bits per heavy atom. The molecule has 0 amide bonds. The molecule has 2 heterocycles. The van der Waals surface area contributed by atoms with Crippen molar-refractivity contribution in [3.05, 3.63) is 71.8 Å². The van der Waals surface area contributed by atoms with E-state index >= 15 is 0 Å². The minimum Gasteiger partial charge on any atom is -0.341 e. The van der Waals surface area contributed by atoms with Crippen LogP contribution in [0, 0.1) is 5.82 Å². The van der Waals surface area contributed by atoms with Gasteiger partial charge in [0.05, 0.1) is 4.90 Å². The van der Waals surface area contributed by atoms with Gasteiger partial charge in [0.25, 0.3) is 0 Å². The van der Waals surface area contributed by atoms with E-state index in [1.54, 1.807) is 6.07 Å². The maximum Gasteiger partial charge on any atom is 0.225 e. The third-order valence-electron chi connectivity index (χ3n) is 5.92. The van der Waals surface area contributed by atoms with Crippen LogP contribution < -0.4 is 4.90 Å². The smallest absolute Gasteiger partial charge is 0.225 e. The fraction of sp³-hybridized carbons (Fsp3) is 0.333. The second-order valence-corrected chi connectivity index (χ2v) is 10.1. The van der Waals surface area contributed by atoms with E-state index in [9.17, 15) is 12.8 Å². The summed E-state index contributed by atoms with van der Waals surface area (Å²) in [7, 11) is -3.44.